The maximum atomic E-state index is 12.8. The third-order valence-electron chi connectivity index (χ3n) is 9.09. The Labute approximate surface area is 218 Å². The number of aromatic nitrogens is 1. The van der Waals surface area contributed by atoms with Crippen LogP contribution in [0.1, 0.15) is 72.5 Å². The first-order chi connectivity index (χ1) is 18.1. The van der Waals surface area contributed by atoms with Crippen LogP contribution in [0, 0.1) is 11.8 Å². The number of carbonyl (C=O) groups is 1. The van der Waals surface area contributed by atoms with Gasteiger partial charge in [-0.3, -0.25) is 0 Å². The van der Waals surface area contributed by atoms with Crippen LogP contribution in [0.5, 0.6) is 0 Å². The topological polar surface area (TPSA) is 72.6 Å². The molecule has 0 amide bonds. The molecule has 1 aromatic heterocycles. The van der Waals surface area contributed by atoms with Gasteiger partial charge < -0.3 is 18.7 Å². The number of fused-ring (bicyclic) bond motifs is 3. The molecule has 6 nitrogen and oxygen atoms in total. The SMILES string of the molecule is O=C(OC1C[N+]2(Cc3cnc([C@](O)(c4ccccc4)C4CCCCC4)o3)CCC1CC2)c1ccccc1. The first-order valence-electron chi connectivity index (χ1n) is 13.9. The van der Waals surface area contributed by atoms with E-state index in [2.05, 4.69) is 4.98 Å². The van der Waals surface area contributed by atoms with Gasteiger partial charge in [-0.25, -0.2) is 9.78 Å². The number of nitrogens with zero attached hydrogens (tertiary/aromatic N) is 2. The number of aliphatic hydroxyl groups is 1. The number of hydrogen-bond donors (Lipinski definition) is 1. The van der Waals surface area contributed by atoms with E-state index in [0.29, 0.717) is 23.9 Å². The fraction of sp³-hybridized carbons (Fsp3) is 0.484. The van der Waals surface area contributed by atoms with Crippen molar-refractivity contribution in [1.82, 2.24) is 4.98 Å². The third kappa shape index (κ3) is 4.73. The normalized spacial score (nSPS) is 27.5. The number of quaternary nitrogens is 1. The van der Waals surface area contributed by atoms with Crippen molar-refractivity contribution in [3.05, 3.63) is 89.6 Å². The van der Waals surface area contributed by atoms with Crippen molar-refractivity contribution in [2.24, 2.45) is 11.8 Å². The third-order valence-corrected chi connectivity index (χ3v) is 9.09. The Morgan fingerprint density at radius 2 is 1.65 bits per heavy atom. The van der Waals surface area contributed by atoms with Crippen molar-refractivity contribution in [1.29, 1.82) is 0 Å². The Morgan fingerprint density at radius 3 is 2.35 bits per heavy atom. The monoisotopic (exact) mass is 501 g/mol. The minimum atomic E-state index is -1.22. The fourth-order valence-electron chi connectivity index (χ4n) is 6.99. The van der Waals surface area contributed by atoms with Crippen LogP contribution in [0.3, 0.4) is 0 Å². The van der Waals surface area contributed by atoms with Crippen LogP contribution >= 0.6 is 0 Å². The van der Waals surface area contributed by atoms with E-state index in [1.54, 1.807) is 0 Å². The molecule has 1 saturated carbocycles. The van der Waals surface area contributed by atoms with Gasteiger partial charge in [-0.1, -0.05) is 67.8 Å². The molecule has 0 radical (unpaired) electrons. The van der Waals surface area contributed by atoms with E-state index in [4.69, 9.17) is 9.15 Å². The van der Waals surface area contributed by atoms with E-state index in [1.165, 1.54) is 6.42 Å². The van der Waals surface area contributed by atoms with E-state index < -0.39 is 5.60 Å². The molecule has 7 rings (SSSR count). The highest BCUT2D eigenvalue weighted by Gasteiger charge is 2.49. The van der Waals surface area contributed by atoms with Gasteiger partial charge in [0.1, 0.15) is 13.1 Å². The van der Waals surface area contributed by atoms with Crippen molar-refractivity contribution < 1.29 is 23.5 Å². The molecule has 1 N–H and O–H groups in total. The summed E-state index contributed by atoms with van der Waals surface area (Å²) in [6, 6.07) is 19.2. The fourth-order valence-corrected chi connectivity index (χ4v) is 6.99. The van der Waals surface area contributed by atoms with E-state index in [1.807, 2.05) is 66.9 Å². The Bertz CT molecular complexity index is 1200. The molecule has 2 bridgehead atoms. The molecule has 194 valence electrons. The van der Waals surface area contributed by atoms with Gasteiger partial charge >= 0.3 is 5.97 Å². The smallest absolute Gasteiger partial charge is 0.338 e. The van der Waals surface area contributed by atoms with Crippen LogP contribution in [0.2, 0.25) is 0 Å². The minimum Gasteiger partial charge on any atom is -0.452 e. The number of oxazole rings is 1. The molecule has 1 unspecified atom stereocenters. The highest BCUT2D eigenvalue weighted by molar-refractivity contribution is 5.89. The standard InChI is InChI=1S/C31H37N2O4/c34-29(24-10-4-1-5-11-24)37-28-22-33(18-16-23(28)17-19-33)21-27-20-32-30(36-27)31(35,25-12-6-2-7-13-25)26-14-8-3-9-15-26/h1-2,4-7,10-13,20,23,26,28,35H,3,8-9,14-19,21-22H2/q+1/t23?,28?,31-,33?/m0/s1. The maximum Gasteiger partial charge on any atom is 0.338 e. The Kier molecular flexibility index (Phi) is 6.63. The van der Waals surface area contributed by atoms with Gasteiger partial charge in [-0.05, 0) is 30.5 Å². The molecule has 4 fully saturated rings. The predicted octanol–water partition coefficient (Wildman–Crippen LogP) is 5.46. The minimum absolute atomic E-state index is 0.0823. The summed E-state index contributed by atoms with van der Waals surface area (Å²) in [5, 5.41) is 12.2. The van der Waals surface area contributed by atoms with Gasteiger partial charge in [0.25, 0.3) is 0 Å². The van der Waals surface area contributed by atoms with Crippen molar-refractivity contribution in [2.75, 3.05) is 19.6 Å². The average Bonchev–Trinajstić information content (AvgIpc) is 3.43. The molecular weight excluding hydrogens is 464 g/mol. The lowest BCUT2D eigenvalue weighted by Crippen LogP contribution is -2.63. The number of piperidine rings is 3. The molecule has 37 heavy (non-hydrogen) atoms. The summed E-state index contributed by atoms with van der Waals surface area (Å²) < 4.78 is 13.3. The number of esters is 1. The van der Waals surface area contributed by atoms with Gasteiger partial charge in [0.05, 0.1) is 24.8 Å². The van der Waals surface area contributed by atoms with Crippen molar-refractivity contribution in [3.63, 3.8) is 0 Å². The van der Waals surface area contributed by atoms with Crippen LogP contribution in [0.25, 0.3) is 0 Å². The van der Waals surface area contributed by atoms with Crippen molar-refractivity contribution in [3.8, 4) is 0 Å². The molecule has 2 aromatic carbocycles. The summed E-state index contributed by atoms with van der Waals surface area (Å²) in [5.41, 5.74) is 0.241. The number of benzene rings is 2. The molecule has 3 aliphatic heterocycles. The van der Waals surface area contributed by atoms with Crippen LogP contribution in [-0.2, 0) is 16.9 Å². The Balaban J connectivity index is 1.21. The van der Waals surface area contributed by atoms with Crippen molar-refractivity contribution >= 4 is 5.97 Å². The zero-order valence-corrected chi connectivity index (χ0v) is 21.4. The van der Waals surface area contributed by atoms with E-state index >= 15 is 0 Å². The molecule has 3 aromatic rings. The average molecular weight is 502 g/mol. The van der Waals surface area contributed by atoms with Crippen molar-refractivity contribution in [2.45, 2.75) is 63.2 Å². The number of carbonyl (C=O) groups excluding carboxylic acids is 1. The molecule has 2 atom stereocenters. The van der Waals surface area contributed by atoms with E-state index in [-0.39, 0.29) is 18.0 Å². The summed E-state index contributed by atoms with van der Waals surface area (Å²) in [6.07, 6.45) is 9.22. The van der Waals surface area contributed by atoms with Gasteiger partial charge in [0, 0.05) is 24.7 Å². The van der Waals surface area contributed by atoms with Crippen LogP contribution in [-0.4, -0.2) is 46.3 Å². The maximum absolute atomic E-state index is 12.8. The molecule has 4 heterocycles. The second-order valence-electron chi connectivity index (χ2n) is 11.4. The lowest BCUT2D eigenvalue weighted by atomic mass is 9.73. The van der Waals surface area contributed by atoms with E-state index in [9.17, 15) is 9.90 Å². The van der Waals surface area contributed by atoms with Crippen LogP contribution in [0.4, 0.5) is 0 Å². The Hall–Kier alpha value is -2.96. The van der Waals surface area contributed by atoms with E-state index in [0.717, 1.165) is 74.0 Å². The van der Waals surface area contributed by atoms with Crippen LogP contribution in [0.15, 0.2) is 71.3 Å². The molecule has 1 aliphatic carbocycles. The highest BCUT2D eigenvalue weighted by atomic mass is 16.5. The lowest BCUT2D eigenvalue weighted by molar-refractivity contribution is -0.959. The second-order valence-corrected chi connectivity index (χ2v) is 11.4. The molecule has 6 heteroatoms. The first-order valence-corrected chi connectivity index (χ1v) is 13.9. The lowest BCUT2D eigenvalue weighted by Gasteiger charge is -2.51. The molecule has 4 aliphatic rings. The van der Waals surface area contributed by atoms with Crippen LogP contribution < -0.4 is 0 Å². The van der Waals surface area contributed by atoms with Gasteiger partial charge in [0.15, 0.2) is 17.5 Å². The zero-order chi connectivity index (χ0) is 25.3. The van der Waals surface area contributed by atoms with Gasteiger partial charge in [0.2, 0.25) is 5.89 Å². The quantitative estimate of drug-likeness (QED) is 0.344. The number of ether oxygens (including phenoxy) is 1. The molecule has 3 saturated heterocycles. The zero-order valence-electron chi connectivity index (χ0n) is 21.4. The number of hydrogen-bond acceptors (Lipinski definition) is 5. The number of rotatable bonds is 7. The summed E-state index contributed by atoms with van der Waals surface area (Å²) in [6.45, 7) is 3.59. The highest BCUT2D eigenvalue weighted by Crippen LogP contribution is 2.44. The van der Waals surface area contributed by atoms with Gasteiger partial charge in [-0.2, -0.15) is 0 Å². The summed E-state index contributed by atoms with van der Waals surface area (Å²) in [5.74, 6) is 1.49. The van der Waals surface area contributed by atoms with Gasteiger partial charge in [-0.15, -0.1) is 0 Å². The second kappa shape index (κ2) is 10.1. The molecule has 0 spiro atoms. The first kappa shape index (κ1) is 24.4. The summed E-state index contributed by atoms with van der Waals surface area (Å²) in [4.78, 5) is 17.4. The Morgan fingerprint density at radius 1 is 0.973 bits per heavy atom. The largest absolute Gasteiger partial charge is 0.452 e. The summed E-state index contributed by atoms with van der Waals surface area (Å²) >= 11 is 0. The molecular formula is C31H37N2O4+. The predicted molar refractivity (Wildman–Crippen MR) is 139 cm³/mol. The summed E-state index contributed by atoms with van der Waals surface area (Å²) in [7, 11) is 0.